The van der Waals surface area contributed by atoms with Crippen molar-refractivity contribution in [3.05, 3.63) is 0 Å². The third-order valence-corrected chi connectivity index (χ3v) is 6.25. The molecule has 0 radical (unpaired) electrons. The van der Waals surface area contributed by atoms with Gasteiger partial charge in [-0.3, -0.25) is 4.79 Å². The Morgan fingerprint density at radius 2 is 2.23 bits per heavy atom. The Bertz CT molecular complexity index is 542. The lowest BCUT2D eigenvalue weighted by molar-refractivity contribution is -0.240. The third-order valence-electron chi connectivity index (χ3n) is 6.03. The molecule has 0 bridgehead atoms. The van der Waals surface area contributed by atoms with Gasteiger partial charge in [0.15, 0.2) is 5.60 Å². The quantitative estimate of drug-likeness (QED) is 0.441. The molecular formula is C15H20ClNO5. The van der Waals surface area contributed by atoms with E-state index in [4.69, 9.17) is 21.1 Å². The van der Waals surface area contributed by atoms with Crippen LogP contribution in [0.25, 0.3) is 0 Å². The maximum atomic E-state index is 12.3. The van der Waals surface area contributed by atoms with Gasteiger partial charge in [-0.25, -0.2) is 4.79 Å². The summed E-state index contributed by atoms with van der Waals surface area (Å²) in [6.07, 6.45) is 2.39. The summed E-state index contributed by atoms with van der Waals surface area (Å²) in [5.41, 5.74) is -2.38. The Hall–Kier alpha value is -0.850. The molecule has 4 rings (SSSR count). The number of nitrogens with one attached hydrogen (secondary N) is 1. The normalized spacial score (nSPS) is 50.3. The first-order valence-electron chi connectivity index (χ1n) is 7.90. The summed E-state index contributed by atoms with van der Waals surface area (Å²) in [5.74, 6) is -1.17. The molecule has 0 aromatic heterocycles. The number of fused-ring (bicyclic) bond motifs is 2. The average Bonchev–Trinajstić information content (AvgIpc) is 3.25. The van der Waals surface area contributed by atoms with E-state index in [0.29, 0.717) is 12.3 Å². The van der Waals surface area contributed by atoms with E-state index in [0.717, 1.165) is 19.3 Å². The summed E-state index contributed by atoms with van der Waals surface area (Å²) >= 11 is 5.78. The zero-order valence-corrected chi connectivity index (χ0v) is 13.1. The lowest BCUT2D eigenvalue weighted by Crippen LogP contribution is -2.80. The number of amides is 1. The molecule has 0 unspecified atom stereocenters. The van der Waals surface area contributed by atoms with Crippen molar-refractivity contribution in [2.45, 2.75) is 62.1 Å². The fraction of sp³-hybridized carbons (Fsp3) is 0.867. The molecule has 4 aliphatic rings. The molecule has 1 saturated carbocycles. The van der Waals surface area contributed by atoms with Crippen LogP contribution in [0.15, 0.2) is 0 Å². The van der Waals surface area contributed by atoms with E-state index in [1.807, 2.05) is 0 Å². The molecule has 3 heterocycles. The van der Waals surface area contributed by atoms with E-state index in [1.54, 1.807) is 6.92 Å². The first kappa shape index (κ1) is 14.7. The molecule has 3 saturated heterocycles. The zero-order chi connectivity index (χ0) is 15.7. The lowest BCUT2D eigenvalue weighted by atomic mass is 9.64. The van der Waals surface area contributed by atoms with Crippen molar-refractivity contribution in [3.8, 4) is 0 Å². The number of ether oxygens (including phenoxy) is 2. The second-order valence-corrected chi connectivity index (χ2v) is 7.38. The molecule has 4 fully saturated rings. The van der Waals surface area contributed by atoms with Crippen LogP contribution in [0.2, 0.25) is 0 Å². The molecule has 2 N–H and O–H groups in total. The molecule has 1 aliphatic carbocycles. The molecule has 1 amide bonds. The van der Waals surface area contributed by atoms with Crippen molar-refractivity contribution in [2.75, 3.05) is 5.88 Å². The van der Waals surface area contributed by atoms with Crippen LogP contribution in [-0.2, 0) is 19.1 Å². The van der Waals surface area contributed by atoms with Gasteiger partial charge in [0.25, 0.3) is 0 Å². The van der Waals surface area contributed by atoms with Crippen LogP contribution >= 0.6 is 11.6 Å². The summed E-state index contributed by atoms with van der Waals surface area (Å²) in [6.45, 7) is 1.72. The number of epoxide rings is 1. The van der Waals surface area contributed by atoms with Crippen LogP contribution in [-0.4, -0.2) is 52.3 Å². The van der Waals surface area contributed by atoms with E-state index in [2.05, 4.69) is 5.32 Å². The highest BCUT2D eigenvalue weighted by molar-refractivity contribution is 6.18. The minimum absolute atomic E-state index is 0.000228. The van der Waals surface area contributed by atoms with Gasteiger partial charge >= 0.3 is 5.97 Å². The number of alkyl halides is 1. The van der Waals surface area contributed by atoms with Gasteiger partial charge in [0.05, 0.1) is 24.2 Å². The predicted octanol–water partition coefficient (Wildman–Crippen LogP) is 0.344. The number of halogens is 1. The van der Waals surface area contributed by atoms with Crippen molar-refractivity contribution in [1.82, 2.24) is 5.32 Å². The van der Waals surface area contributed by atoms with Crippen molar-refractivity contribution in [3.63, 3.8) is 0 Å². The topological polar surface area (TPSA) is 88.2 Å². The smallest absolute Gasteiger partial charge is 0.339 e. The van der Waals surface area contributed by atoms with Crippen LogP contribution in [0, 0.1) is 11.8 Å². The molecular weight excluding hydrogens is 310 g/mol. The number of hydrogen-bond acceptors (Lipinski definition) is 5. The summed E-state index contributed by atoms with van der Waals surface area (Å²) in [4.78, 5) is 24.6. The number of rotatable bonds is 4. The molecule has 7 heteroatoms. The summed E-state index contributed by atoms with van der Waals surface area (Å²) < 4.78 is 11.0. The summed E-state index contributed by atoms with van der Waals surface area (Å²) in [6, 6.07) is 0. The second kappa shape index (κ2) is 4.58. The van der Waals surface area contributed by atoms with E-state index < -0.39 is 29.1 Å². The van der Waals surface area contributed by atoms with E-state index in [1.165, 1.54) is 0 Å². The standard InChI is InChI=1S/C15H20ClNO5/c1-14-8(5-6-16)12(19)17-15(14,13(20)22-14)11(18)7-3-2-4-9-10(7)21-9/h7-11,18H,2-6H2,1H3,(H,17,19)/t7-,8-,9+,10-,11-,14-,15-/m0/s1. The minimum atomic E-state index is -1.35. The molecule has 0 aromatic rings. The maximum Gasteiger partial charge on any atom is 0.339 e. The van der Waals surface area contributed by atoms with Crippen LogP contribution in [0.3, 0.4) is 0 Å². The number of aliphatic hydroxyl groups is 1. The largest absolute Gasteiger partial charge is 0.453 e. The number of carbonyl (C=O) groups excluding carboxylic acids is 2. The van der Waals surface area contributed by atoms with Gasteiger partial charge in [0.2, 0.25) is 11.4 Å². The van der Waals surface area contributed by atoms with Gasteiger partial charge in [-0.1, -0.05) is 6.42 Å². The summed E-state index contributed by atoms with van der Waals surface area (Å²) in [5, 5.41) is 13.7. The van der Waals surface area contributed by atoms with Crippen molar-refractivity contribution in [2.24, 2.45) is 11.8 Å². The van der Waals surface area contributed by atoms with Crippen LogP contribution in [0.5, 0.6) is 0 Å². The van der Waals surface area contributed by atoms with Crippen molar-refractivity contribution >= 4 is 23.5 Å². The fourth-order valence-electron chi connectivity index (χ4n) is 4.71. The Morgan fingerprint density at radius 3 is 2.91 bits per heavy atom. The maximum absolute atomic E-state index is 12.3. The minimum Gasteiger partial charge on any atom is -0.453 e. The molecule has 7 atom stereocenters. The number of aliphatic hydroxyl groups excluding tert-OH is 1. The zero-order valence-electron chi connectivity index (χ0n) is 12.4. The third kappa shape index (κ3) is 1.58. The number of carbonyl (C=O) groups is 2. The van der Waals surface area contributed by atoms with Crippen LogP contribution < -0.4 is 5.32 Å². The Kier molecular flexibility index (Phi) is 3.07. The fourth-order valence-corrected chi connectivity index (χ4v) is 4.93. The highest BCUT2D eigenvalue weighted by Gasteiger charge is 2.80. The Morgan fingerprint density at radius 1 is 1.45 bits per heavy atom. The first-order chi connectivity index (χ1) is 10.5. The van der Waals surface area contributed by atoms with Gasteiger partial charge in [-0.15, -0.1) is 11.6 Å². The van der Waals surface area contributed by atoms with Crippen LogP contribution in [0.4, 0.5) is 0 Å². The molecule has 3 aliphatic heterocycles. The Balaban J connectivity index is 1.66. The molecule has 122 valence electrons. The van der Waals surface area contributed by atoms with Gasteiger partial charge in [0.1, 0.15) is 0 Å². The monoisotopic (exact) mass is 329 g/mol. The first-order valence-corrected chi connectivity index (χ1v) is 8.44. The average molecular weight is 330 g/mol. The van der Waals surface area contributed by atoms with E-state index >= 15 is 0 Å². The van der Waals surface area contributed by atoms with Gasteiger partial charge in [-0.2, -0.15) is 0 Å². The van der Waals surface area contributed by atoms with Gasteiger partial charge < -0.3 is 19.9 Å². The van der Waals surface area contributed by atoms with E-state index in [-0.39, 0.29) is 24.0 Å². The molecule has 6 nitrogen and oxygen atoms in total. The highest BCUT2D eigenvalue weighted by Crippen LogP contribution is 2.55. The van der Waals surface area contributed by atoms with Crippen LogP contribution in [0.1, 0.15) is 32.6 Å². The predicted molar refractivity (Wildman–Crippen MR) is 76.2 cm³/mol. The van der Waals surface area contributed by atoms with Crippen molar-refractivity contribution < 1.29 is 24.2 Å². The van der Waals surface area contributed by atoms with Gasteiger partial charge in [-0.05, 0) is 26.2 Å². The summed E-state index contributed by atoms with van der Waals surface area (Å²) in [7, 11) is 0. The molecule has 22 heavy (non-hydrogen) atoms. The van der Waals surface area contributed by atoms with Gasteiger partial charge in [0, 0.05) is 11.8 Å². The number of esters is 1. The van der Waals surface area contributed by atoms with Crippen molar-refractivity contribution in [1.29, 1.82) is 0 Å². The Labute approximate surface area is 133 Å². The number of hydrogen-bond donors (Lipinski definition) is 2. The highest BCUT2D eigenvalue weighted by atomic mass is 35.5. The lowest BCUT2D eigenvalue weighted by Gasteiger charge is -2.54. The molecule has 0 spiro atoms. The second-order valence-electron chi connectivity index (χ2n) is 7.00. The van der Waals surface area contributed by atoms with E-state index in [9.17, 15) is 14.7 Å². The molecule has 0 aromatic carbocycles. The SMILES string of the molecule is C[C@@]12OC(=O)[C@]1([C@@H](O)[C@H]1CCC[C@H]3O[C@@H]13)NC(=O)[C@@H]2CCCl.